The first-order valence-electron chi connectivity index (χ1n) is 5.89. The van der Waals surface area contributed by atoms with E-state index >= 15 is 0 Å². The molecule has 3 heteroatoms. The minimum Gasteiger partial charge on any atom is -1.00 e. The minimum atomic E-state index is -0.00396. The van der Waals surface area contributed by atoms with Crippen LogP contribution in [0.2, 0.25) is 0 Å². The first-order valence-corrected chi connectivity index (χ1v) is 5.89. The molecule has 0 rings (SSSR count). The summed E-state index contributed by atoms with van der Waals surface area (Å²) in [5.74, 6) is 1.64. The van der Waals surface area contributed by atoms with Gasteiger partial charge in [-0.25, -0.2) is 5.48 Å². The highest BCUT2D eigenvalue weighted by Gasteiger charge is 2.44. The van der Waals surface area contributed by atoms with E-state index in [4.69, 9.17) is 4.84 Å². The molecule has 0 heterocycles. The maximum absolute atomic E-state index is 6.04. The molecule has 0 unspecified atom stereocenters. The molecule has 0 bridgehead atoms. The van der Waals surface area contributed by atoms with Gasteiger partial charge in [0.2, 0.25) is 0 Å². The molecule has 0 aromatic rings. The molecule has 0 fully saturated rings. The largest absolute Gasteiger partial charge is 1.00 e. The number of quaternary nitrogens is 1. The van der Waals surface area contributed by atoms with Gasteiger partial charge < -0.3 is 12.4 Å². The van der Waals surface area contributed by atoms with Crippen LogP contribution >= 0.6 is 0 Å². The lowest BCUT2D eigenvalue weighted by Gasteiger charge is -2.41. The molecule has 0 saturated carbocycles. The van der Waals surface area contributed by atoms with Gasteiger partial charge in [-0.3, -0.25) is 0 Å². The van der Waals surface area contributed by atoms with Gasteiger partial charge in [-0.2, -0.15) is 4.84 Å². The van der Waals surface area contributed by atoms with Crippen LogP contribution in [0.3, 0.4) is 0 Å². The summed E-state index contributed by atoms with van der Waals surface area (Å²) in [5, 5.41) is 0. The molecule has 2 nitrogen and oxygen atoms in total. The van der Waals surface area contributed by atoms with Gasteiger partial charge in [0.25, 0.3) is 0 Å². The van der Waals surface area contributed by atoms with Crippen molar-refractivity contribution in [2.24, 2.45) is 17.8 Å². The molecule has 2 N–H and O–H groups in total. The Labute approximate surface area is 102 Å². The van der Waals surface area contributed by atoms with Gasteiger partial charge in [-0.1, -0.05) is 41.5 Å². The summed E-state index contributed by atoms with van der Waals surface area (Å²) < 4.78 is 0. The summed E-state index contributed by atoms with van der Waals surface area (Å²) in [7, 11) is 0. The smallest absolute Gasteiger partial charge is 0.134 e. The molecule has 0 aromatic heterocycles. The quantitative estimate of drug-likeness (QED) is 0.603. The van der Waals surface area contributed by atoms with E-state index in [-0.39, 0.29) is 18.0 Å². The maximum atomic E-state index is 6.04. The molecule has 0 saturated heterocycles. The summed E-state index contributed by atoms with van der Waals surface area (Å²) in [6.45, 7) is 16.6. The first-order chi connectivity index (χ1) is 6.39. The Hall–Kier alpha value is 0.210. The zero-order chi connectivity index (χ0) is 11.4. The molecule has 94 valence electrons. The summed E-state index contributed by atoms with van der Waals surface area (Å²) >= 11 is 0. The number of hydroxylamine groups is 1. The minimum absolute atomic E-state index is 0. The van der Waals surface area contributed by atoms with Crippen molar-refractivity contribution < 1.29 is 22.7 Å². The van der Waals surface area contributed by atoms with E-state index in [0.717, 1.165) is 6.54 Å². The van der Waals surface area contributed by atoms with Gasteiger partial charge in [0.05, 0.1) is 0 Å². The van der Waals surface area contributed by atoms with E-state index in [1.54, 1.807) is 0 Å². The molecule has 0 aliphatic heterocycles. The molecular formula is C12H28ClNO. The van der Waals surface area contributed by atoms with Gasteiger partial charge in [0, 0.05) is 0 Å². The Balaban J connectivity index is 0. The molecular weight excluding hydrogens is 210 g/mol. The van der Waals surface area contributed by atoms with Crippen molar-refractivity contribution in [2.45, 2.75) is 54.1 Å². The van der Waals surface area contributed by atoms with Crippen LogP contribution in [0.4, 0.5) is 0 Å². The standard InChI is InChI=1S/C12H27NO.ClH/c1-8-13-14-12(9(2)3,10(4)5)11(6)7;/h9-11,13H,8H2,1-7H3;1H. The molecule has 0 amide bonds. The molecule has 0 aliphatic rings. The molecule has 0 atom stereocenters. The average Bonchev–Trinajstić information content (AvgIpc) is 2.03. The molecule has 0 spiro atoms. The monoisotopic (exact) mass is 237 g/mol. The Morgan fingerprint density at radius 2 is 1.27 bits per heavy atom. The Morgan fingerprint density at radius 3 is 1.47 bits per heavy atom. The van der Waals surface area contributed by atoms with Crippen molar-refractivity contribution >= 4 is 0 Å². The second-order valence-electron chi connectivity index (χ2n) is 5.01. The molecule has 15 heavy (non-hydrogen) atoms. The molecule has 0 aromatic carbocycles. The number of rotatable bonds is 6. The van der Waals surface area contributed by atoms with E-state index < -0.39 is 0 Å². The molecule has 0 aliphatic carbocycles. The number of nitrogens with two attached hydrogens (primary N) is 1. The van der Waals surface area contributed by atoms with Crippen molar-refractivity contribution in [1.82, 2.24) is 0 Å². The lowest BCUT2D eigenvalue weighted by atomic mass is 9.72. The van der Waals surface area contributed by atoms with Crippen molar-refractivity contribution in [3.8, 4) is 0 Å². The predicted molar refractivity (Wildman–Crippen MR) is 60.8 cm³/mol. The van der Waals surface area contributed by atoms with Gasteiger partial charge in [0.1, 0.15) is 12.1 Å². The van der Waals surface area contributed by atoms with Crippen LogP contribution in [0.5, 0.6) is 0 Å². The second kappa shape index (κ2) is 7.48. The van der Waals surface area contributed by atoms with Crippen LogP contribution in [0.25, 0.3) is 0 Å². The van der Waals surface area contributed by atoms with E-state index in [1.807, 2.05) is 5.48 Å². The van der Waals surface area contributed by atoms with E-state index in [2.05, 4.69) is 48.5 Å². The van der Waals surface area contributed by atoms with Crippen LogP contribution in [0.1, 0.15) is 48.5 Å². The van der Waals surface area contributed by atoms with Gasteiger partial charge >= 0.3 is 0 Å². The highest BCUT2D eigenvalue weighted by Crippen LogP contribution is 2.35. The third-order valence-electron chi connectivity index (χ3n) is 3.16. The number of halogens is 1. The van der Waals surface area contributed by atoms with Crippen LogP contribution in [0, 0.1) is 17.8 Å². The topological polar surface area (TPSA) is 25.8 Å². The lowest BCUT2D eigenvalue weighted by Crippen LogP contribution is -3.00. The van der Waals surface area contributed by atoms with Crippen LogP contribution < -0.4 is 17.9 Å². The van der Waals surface area contributed by atoms with Gasteiger partial charge in [-0.05, 0) is 24.7 Å². The van der Waals surface area contributed by atoms with Crippen LogP contribution in [-0.2, 0) is 4.84 Å². The normalized spacial score (nSPS) is 12.4. The van der Waals surface area contributed by atoms with E-state index in [1.165, 1.54) is 0 Å². The van der Waals surface area contributed by atoms with Gasteiger partial charge in [0.15, 0.2) is 0 Å². The Kier molecular flexibility index (Phi) is 8.77. The second-order valence-corrected chi connectivity index (χ2v) is 5.01. The highest BCUT2D eigenvalue weighted by atomic mass is 35.5. The van der Waals surface area contributed by atoms with E-state index in [0.29, 0.717) is 17.8 Å². The third-order valence-corrected chi connectivity index (χ3v) is 3.16. The zero-order valence-corrected chi connectivity index (χ0v) is 12.1. The predicted octanol–water partition coefficient (Wildman–Crippen LogP) is -0.788. The average molecular weight is 238 g/mol. The highest BCUT2D eigenvalue weighted by molar-refractivity contribution is 4.89. The van der Waals surface area contributed by atoms with Crippen LogP contribution in [-0.4, -0.2) is 12.1 Å². The summed E-state index contributed by atoms with van der Waals surface area (Å²) in [5.41, 5.74) is 1.95. The van der Waals surface area contributed by atoms with E-state index in [9.17, 15) is 0 Å². The summed E-state index contributed by atoms with van der Waals surface area (Å²) in [6.07, 6.45) is 0. The Bertz CT molecular complexity index is 136. The van der Waals surface area contributed by atoms with Gasteiger partial charge in [-0.15, -0.1) is 0 Å². The maximum Gasteiger partial charge on any atom is 0.134 e. The fraction of sp³-hybridized carbons (Fsp3) is 1.00. The fourth-order valence-corrected chi connectivity index (χ4v) is 2.64. The van der Waals surface area contributed by atoms with Crippen LogP contribution in [0.15, 0.2) is 0 Å². The van der Waals surface area contributed by atoms with Crippen molar-refractivity contribution in [3.05, 3.63) is 0 Å². The van der Waals surface area contributed by atoms with Crippen molar-refractivity contribution in [2.75, 3.05) is 6.54 Å². The summed E-state index contributed by atoms with van der Waals surface area (Å²) in [4.78, 5) is 6.04. The van der Waals surface area contributed by atoms with Crippen molar-refractivity contribution in [3.63, 3.8) is 0 Å². The SMILES string of the molecule is CC[NH2+]OC(C(C)C)(C(C)C)C(C)C.[Cl-]. The third kappa shape index (κ3) is 3.93. The number of hydrogen-bond donors (Lipinski definition) is 1. The fourth-order valence-electron chi connectivity index (χ4n) is 2.64. The first kappa shape index (κ1) is 17.6. The summed E-state index contributed by atoms with van der Waals surface area (Å²) in [6, 6.07) is 0. The van der Waals surface area contributed by atoms with Crippen molar-refractivity contribution in [1.29, 1.82) is 0 Å². The molecule has 0 radical (unpaired) electrons. The number of hydrogen-bond acceptors (Lipinski definition) is 1. The lowest BCUT2D eigenvalue weighted by molar-refractivity contribution is -0.916. The Morgan fingerprint density at radius 1 is 0.933 bits per heavy atom. The zero-order valence-electron chi connectivity index (χ0n) is 11.3.